The molecule has 0 unspecified atom stereocenters. The Bertz CT molecular complexity index is 537. The quantitative estimate of drug-likeness (QED) is 0.835. The molecule has 0 atom stereocenters. The van der Waals surface area contributed by atoms with Crippen molar-refractivity contribution >= 4 is 17.7 Å². The molecule has 0 radical (unpaired) electrons. The number of carbonyl (C=O) groups excluding carboxylic acids is 2. The third-order valence-corrected chi connectivity index (χ3v) is 3.93. The molecule has 1 aromatic carbocycles. The lowest BCUT2D eigenvalue weighted by Gasteiger charge is -2.23. The predicted octanol–water partition coefficient (Wildman–Crippen LogP) is 3.63. The first-order valence-electron chi connectivity index (χ1n) is 7.95. The Morgan fingerprint density at radius 1 is 1.23 bits per heavy atom. The van der Waals surface area contributed by atoms with Crippen LogP contribution in [0.3, 0.4) is 0 Å². The largest absolute Gasteiger partial charge is 0.462 e. The number of hydrogen-bond acceptors (Lipinski definition) is 3. The van der Waals surface area contributed by atoms with Crippen LogP contribution in [0.2, 0.25) is 0 Å². The van der Waals surface area contributed by atoms with Gasteiger partial charge in [-0.2, -0.15) is 0 Å². The van der Waals surface area contributed by atoms with E-state index in [1.807, 2.05) is 6.92 Å². The Hall–Kier alpha value is -2.04. The van der Waals surface area contributed by atoms with Crippen LogP contribution in [-0.2, 0) is 4.74 Å². The van der Waals surface area contributed by atoms with Crippen molar-refractivity contribution < 1.29 is 14.3 Å². The number of amides is 2. The van der Waals surface area contributed by atoms with Gasteiger partial charge < -0.3 is 15.4 Å². The van der Waals surface area contributed by atoms with Gasteiger partial charge in [-0.25, -0.2) is 9.59 Å². The molecule has 1 fully saturated rings. The average molecular weight is 304 g/mol. The fraction of sp³-hybridized carbons (Fsp3) is 0.529. The zero-order valence-corrected chi connectivity index (χ0v) is 13.3. The molecule has 0 spiro atoms. The molecule has 1 saturated carbocycles. The van der Waals surface area contributed by atoms with Crippen molar-refractivity contribution in [3.63, 3.8) is 0 Å². The summed E-state index contributed by atoms with van der Waals surface area (Å²) in [5, 5.41) is 5.86. The van der Waals surface area contributed by atoms with E-state index < -0.39 is 0 Å². The summed E-state index contributed by atoms with van der Waals surface area (Å²) in [5.41, 5.74) is 2.04. The maximum Gasteiger partial charge on any atom is 0.338 e. The molecule has 1 aliphatic carbocycles. The highest BCUT2D eigenvalue weighted by molar-refractivity contribution is 5.93. The van der Waals surface area contributed by atoms with Crippen LogP contribution in [0, 0.1) is 6.92 Å². The number of nitrogens with one attached hydrogen (secondary N) is 2. The van der Waals surface area contributed by atoms with Crippen LogP contribution >= 0.6 is 0 Å². The van der Waals surface area contributed by atoms with E-state index in [1.54, 1.807) is 25.1 Å². The molecule has 120 valence electrons. The number of aryl methyl sites for hydroxylation is 1. The summed E-state index contributed by atoms with van der Waals surface area (Å²) in [4.78, 5) is 23.7. The number of anilines is 1. The number of esters is 1. The molecule has 1 aromatic rings. The lowest BCUT2D eigenvalue weighted by molar-refractivity contribution is 0.0526. The van der Waals surface area contributed by atoms with Gasteiger partial charge in [0.1, 0.15) is 0 Å². The molecule has 0 aromatic heterocycles. The minimum Gasteiger partial charge on any atom is -0.462 e. The first-order valence-corrected chi connectivity index (χ1v) is 7.95. The van der Waals surface area contributed by atoms with Gasteiger partial charge in [-0.15, -0.1) is 0 Å². The average Bonchev–Trinajstić information content (AvgIpc) is 2.50. The Kier molecular flexibility index (Phi) is 5.81. The summed E-state index contributed by atoms with van der Waals surface area (Å²) in [6.45, 7) is 3.98. The van der Waals surface area contributed by atoms with Gasteiger partial charge >= 0.3 is 12.0 Å². The van der Waals surface area contributed by atoms with E-state index in [4.69, 9.17) is 4.74 Å². The van der Waals surface area contributed by atoms with Crippen molar-refractivity contribution in [3.8, 4) is 0 Å². The topological polar surface area (TPSA) is 67.4 Å². The lowest BCUT2D eigenvalue weighted by atomic mass is 9.96. The Morgan fingerprint density at radius 3 is 2.59 bits per heavy atom. The SMILES string of the molecule is CCOC(=O)c1ccc(NC(=O)NC2CCCCC2)c(C)c1. The Morgan fingerprint density at radius 2 is 1.95 bits per heavy atom. The summed E-state index contributed by atoms with van der Waals surface area (Å²) >= 11 is 0. The Balaban J connectivity index is 1.94. The summed E-state index contributed by atoms with van der Waals surface area (Å²) < 4.78 is 4.97. The molecule has 22 heavy (non-hydrogen) atoms. The van der Waals surface area contributed by atoms with E-state index in [1.165, 1.54) is 19.3 Å². The van der Waals surface area contributed by atoms with E-state index >= 15 is 0 Å². The molecule has 0 aliphatic heterocycles. The van der Waals surface area contributed by atoms with E-state index in [0.29, 0.717) is 17.9 Å². The van der Waals surface area contributed by atoms with E-state index in [-0.39, 0.29) is 18.0 Å². The molecule has 1 aliphatic rings. The molecular weight excluding hydrogens is 280 g/mol. The zero-order chi connectivity index (χ0) is 15.9. The number of hydrogen-bond donors (Lipinski definition) is 2. The minimum absolute atomic E-state index is 0.182. The van der Waals surface area contributed by atoms with Gasteiger partial charge in [0.25, 0.3) is 0 Å². The smallest absolute Gasteiger partial charge is 0.338 e. The lowest BCUT2D eigenvalue weighted by Crippen LogP contribution is -2.39. The fourth-order valence-electron chi connectivity index (χ4n) is 2.74. The second kappa shape index (κ2) is 7.82. The molecule has 0 heterocycles. The molecule has 0 saturated heterocycles. The van der Waals surface area contributed by atoms with E-state index in [0.717, 1.165) is 18.4 Å². The molecular formula is C17H24N2O3. The highest BCUT2D eigenvalue weighted by Crippen LogP contribution is 2.19. The van der Waals surface area contributed by atoms with Crippen LogP contribution in [0.1, 0.15) is 54.9 Å². The molecule has 2 rings (SSSR count). The first-order chi connectivity index (χ1) is 10.6. The van der Waals surface area contributed by atoms with Crippen molar-refractivity contribution in [1.82, 2.24) is 5.32 Å². The van der Waals surface area contributed by atoms with Crippen LogP contribution in [-0.4, -0.2) is 24.6 Å². The highest BCUT2D eigenvalue weighted by Gasteiger charge is 2.16. The number of ether oxygens (including phenoxy) is 1. The van der Waals surface area contributed by atoms with Crippen molar-refractivity contribution in [2.24, 2.45) is 0 Å². The van der Waals surface area contributed by atoms with Gasteiger partial charge in [0.05, 0.1) is 12.2 Å². The van der Waals surface area contributed by atoms with E-state index in [2.05, 4.69) is 10.6 Å². The number of carbonyl (C=O) groups is 2. The van der Waals surface area contributed by atoms with Crippen LogP contribution in [0.5, 0.6) is 0 Å². The third kappa shape index (κ3) is 4.48. The number of benzene rings is 1. The van der Waals surface area contributed by atoms with Crippen molar-refractivity contribution in [3.05, 3.63) is 29.3 Å². The van der Waals surface area contributed by atoms with Crippen LogP contribution < -0.4 is 10.6 Å². The maximum atomic E-state index is 12.0. The molecule has 0 bridgehead atoms. The van der Waals surface area contributed by atoms with Crippen molar-refractivity contribution in [2.45, 2.75) is 52.0 Å². The van der Waals surface area contributed by atoms with E-state index in [9.17, 15) is 9.59 Å². The van der Waals surface area contributed by atoms with Gasteiger partial charge in [-0.05, 0) is 50.5 Å². The summed E-state index contributed by atoms with van der Waals surface area (Å²) in [5.74, 6) is -0.344. The van der Waals surface area contributed by atoms with Gasteiger partial charge in [0.2, 0.25) is 0 Å². The molecule has 5 nitrogen and oxygen atoms in total. The zero-order valence-electron chi connectivity index (χ0n) is 13.3. The molecule has 2 amide bonds. The standard InChI is InChI=1S/C17H24N2O3/c1-3-22-16(20)13-9-10-15(12(2)11-13)19-17(21)18-14-7-5-4-6-8-14/h9-11,14H,3-8H2,1-2H3,(H2,18,19,21). The first kappa shape index (κ1) is 16.3. The monoisotopic (exact) mass is 304 g/mol. The molecule has 2 N–H and O–H groups in total. The normalized spacial score (nSPS) is 15.2. The van der Waals surface area contributed by atoms with Gasteiger partial charge in [-0.1, -0.05) is 19.3 Å². The number of rotatable bonds is 4. The van der Waals surface area contributed by atoms with Crippen molar-refractivity contribution in [1.29, 1.82) is 0 Å². The summed E-state index contributed by atoms with van der Waals surface area (Å²) in [6.07, 6.45) is 5.72. The van der Waals surface area contributed by atoms with Gasteiger partial charge in [0, 0.05) is 11.7 Å². The minimum atomic E-state index is -0.344. The van der Waals surface area contributed by atoms with Crippen LogP contribution in [0.15, 0.2) is 18.2 Å². The summed E-state index contributed by atoms with van der Waals surface area (Å²) in [6, 6.07) is 5.23. The predicted molar refractivity (Wildman–Crippen MR) is 86.2 cm³/mol. The number of urea groups is 1. The van der Waals surface area contributed by atoms with Gasteiger partial charge in [-0.3, -0.25) is 0 Å². The Labute approximate surface area is 131 Å². The van der Waals surface area contributed by atoms with Crippen molar-refractivity contribution in [2.75, 3.05) is 11.9 Å². The molecule has 5 heteroatoms. The second-order valence-electron chi connectivity index (χ2n) is 5.68. The third-order valence-electron chi connectivity index (χ3n) is 3.93. The highest BCUT2D eigenvalue weighted by atomic mass is 16.5. The van der Waals surface area contributed by atoms with Crippen LogP contribution in [0.4, 0.5) is 10.5 Å². The summed E-state index contributed by atoms with van der Waals surface area (Å²) in [7, 11) is 0. The maximum absolute atomic E-state index is 12.0. The fourth-order valence-corrected chi connectivity index (χ4v) is 2.74. The second-order valence-corrected chi connectivity index (χ2v) is 5.68. The van der Waals surface area contributed by atoms with Crippen LogP contribution in [0.25, 0.3) is 0 Å². The van der Waals surface area contributed by atoms with Gasteiger partial charge in [0.15, 0.2) is 0 Å².